The third-order valence-corrected chi connectivity index (χ3v) is 2.61. The van der Waals surface area contributed by atoms with Gasteiger partial charge in [0.2, 0.25) is 0 Å². The van der Waals surface area contributed by atoms with Crippen molar-refractivity contribution in [3.05, 3.63) is 36.4 Å². The Labute approximate surface area is 117 Å². The fourth-order valence-electron chi connectivity index (χ4n) is 1.74. The Hall–Kier alpha value is -2.30. The van der Waals surface area contributed by atoms with Gasteiger partial charge >= 0.3 is 5.97 Å². The molecule has 1 aromatic carbocycles. The van der Waals surface area contributed by atoms with Gasteiger partial charge < -0.3 is 13.9 Å². The smallest absolute Gasteiger partial charge is 0.360 e. The number of hydrogen-bond acceptors (Lipinski definition) is 5. The maximum atomic E-state index is 11.8. The lowest BCUT2D eigenvalue weighted by Crippen LogP contribution is -2.06. The van der Waals surface area contributed by atoms with Gasteiger partial charge in [0, 0.05) is 5.56 Å². The molecule has 0 aliphatic rings. The van der Waals surface area contributed by atoms with Crippen molar-refractivity contribution >= 4 is 5.97 Å². The van der Waals surface area contributed by atoms with Crippen molar-refractivity contribution < 1.29 is 18.7 Å². The minimum absolute atomic E-state index is 0.180. The van der Waals surface area contributed by atoms with E-state index < -0.39 is 5.97 Å². The lowest BCUT2D eigenvalue weighted by molar-refractivity contribution is 0.0520. The van der Waals surface area contributed by atoms with Gasteiger partial charge in [-0.25, -0.2) is 9.78 Å². The zero-order valence-corrected chi connectivity index (χ0v) is 11.6. The molecule has 0 bridgehead atoms. The fourth-order valence-corrected chi connectivity index (χ4v) is 1.74. The van der Waals surface area contributed by atoms with Gasteiger partial charge in [0.05, 0.1) is 13.2 Å². The van der Waals surface area contributed by atoms with E-state index in [1.54, 1.807) is 6.92 Å². The molecule has 0 atom stereocenters. The Balaban J connectivity index is 2.27. The molecule has 1 heterocycles. The first-order chi connectivity index (χ1) is 9.76. The topological polar surface area (TPSA) is 61.6 Å². The van der Waals surface area contributed by atoms with Crippen LogP contribution in [0.5, 0.6) is 5.75 Å². The summed E-state index contributed by atoms with van der Waals surface area (Å²) in [5.41, 5.74) is 0.915. The maximum absolute atomic E-state index is 11.8. The van der Waals surface area contributed by atoms with E-state index in [2.05, 4.69) is 4.98 Å². The highest BCUT2D eigenvalue weighted by atomic mass is 16.5. The number of hydrogen-bond donors (Lipinski definition) is 0. The summed E-state index contributed by atoms with van der Waals surface area (Å²) >= 11 is 0. The molecule has 0 spiro atoms. The predicted octanol–water partition coefficient (Wildman–Crippen LogP) is 3.31. The molecule has 0 N–H and O–H groups in total. The highest BCUT2D eigenvalue weighted by molar-refractivity contribution is 5.93. The van der Waals surface area contributed by atoms with Crippen LogP contribution in [0.3, 0.4) is 0 Å². The van der Waals surface area contributed by atoms with E-state index >= 15 is 0 Å². The van der Waals surface area contributed by atoms with Gasteiger partial charge in [-0.15, -0.1) is 0 Å². The highest BCUT2D eigenvalue weighted by Gasteiger charge is 2.19. The van der Waals surface area contributed by atoms with Gasteiger partial charge in [-0.2, -0.15) is 0 Å². The number of carbonyl (C=O) groups excluding carboxylic acids is 1. The van der Waals surface area contributed by atoms with Gasteiger partial charge in [0.1, 0.15) is 5.75 Å². The molecule has 106 valence electrons. The van der Waals surface area contributed by atoms with Crippen LogP contribution in [0, 0.1) is 0 Å². The molecule has 0 aliphatic heterocycles. The number of rotatable bonds is 6. The second-order valence-electron chi connectivity index (χ2n) is 4.13. The van der Waals surface area contributed by atoms with Crippen LogP contribution in [-0.4, -0.2) is 24.2 Å². The van der Waals surface area contributed by atoms with Crippen molar-refractivity contribution in [2.45, 2.75) is 20.3 Å². The van der Waals surface area contributed by atoms with Crippen molar-refractivity contribution in [1.29, 1.82) is 0 Å². The summed E-state index contributed by atoms with van der Waals surface area (Å²) in [7, 11) is 0. The first-order valence-electron chi connectivity index (χ1n) is 6.60. The van der Waals surface area contributed by atoms with Crippen LogP contribution < -0.4 is 4.74 Å². The average Bonchev–Trinajstić information content (AvgIpc) is 2.95. The molecule has 2 aromatic rings. The minimum Gasteiger partial charge on any atom is -0.494 e. The van der Waals surface area contributed by atoms with Crippen LogP contribution >= 0.6 is 0 Å². The van der Waals surface area contributed by atoms with Gasteiger partial charge in [0.15, 0.2) is 17.8 Å². The molecule has 0 radical (unpaired) electrons. The fraction of sp³-hybridized carbons (Fsp3) is 0.333. The minimum atomic E-state index is -0.490. The van der Waals surface area contributed by atoms with E-state index in [9.17, 15) is 4.79 Å². The lowest BCUT2D eigenvalue weighted by Gasteiger charge is -2.06. The number of carbonyl (C=O) groups is 1. The summed E-state index contributed by atoms with van der Waals surface area (Å²) in [4.78, 5) is 15.7. The first kappa shape index (κ1) is 14.1. The Morgan fingerprint density at radius 3 is 2.95 bits per heavy atom. The maximum Gasteiger partial charge on any atom is 0.360 e. The zero-order valence-electron chi connectivity index (χ0n) is 11.6. The summed E-state index contributed by atoms with van der Waals surface area (Å²) in [6.45, 7) is 4.73. The molecule has 2 rings (SSSR count). The van der Waals surface area contributed by atoms with Crippen molar-refractivity contribution in [3.63, 3.8) is 0 Å². The van der Waals surface area contributed by atoms with Crippen LogP contribution in [0.15, 0.2) is 35.1 Å². The normalized spacial score (nSPS) is 10.3. The molecule has 5 nitrogen and oxygen atoms in total. The summed E-state index contributed by atoms with van der Waals surface area (Å²) in [5, 5.41) is 0. The number of ether oxygens (including phenoxy) is 2. The van der Waals surface area contributed by atoms with Crippen LogP contribution in [-0.2, 0) is 4.74 Å². The quantitative estimate of drug-likeness (QED) is 0.757. The Bertz CT molecular complexity index is 577. The molecule has 0 saturated carbocycles. The Morgan fingerprint density at radius 2 is 2.20 bits per heavy atom. The van der Waals surface area contributed by atoms with E-state index in [1.807, 2.05) is 31.2 Å². The molecule has 20 heavy (non-hydrogen) atoms. The third-order valence-electron chi connectivity index (χ3n) is 2.61. The van der Waals surface area contributed by atoms with Gasteiger partial charge in [-0.05, 0) is 25.5 Å². The molecule has 0 unspecified atom stereocenters. The van der Waals surface area contributed by atoms with Crippen molar-refractivity contribution in [2.75, 3.05) is 13.2 Å². The van der Waals surface area contributed by atoms with Gasteiger partial charge in [-0.1, -0.05) is 19.1 Å². The van der Waals surface area contributed by atoms with E-state index in [1.165, 1.54) is 6.39 Å². The van der Waals surface area contributed by atoms with Crippen molar-refractivity contribution in [2.24, 2.45) is 0 Å². The summed E-state index contributed by atoms with van der Waals surface area (Å²) in [5.74, 6) is 0.636. The lowest BCUT2D eigenvalue weighted by atomic mass is 10.1. The summed E-state index contributed by atoms with van der Waals surface area (Å²) in [6.07, 6.45) is 2.17. The molecular weight excluding hydrogens is 258 g/mol. The number of oxazole rings is 1. The zero-order chi connectivity index (χ0) is 14.4. The van der Waals surface area contributed by atoms with Gasteiger partial charge in [-0.3, -0.25) is 0 Å². The second kappa shape index (κ2) is 6.75. The number of aromatic nitrogens is 1. The largest absolute Gasteiger partial charge is 0.494 e. The van der Waals surface area contributed by atoms with E-state index in [-0.39, 0.29) is 5.69 Å². The first-order valence-corrected chi connectivity index (χ1v) is 6.60. The van der Waals surface area contributed by atoms with E-state index in [4.69, 9.17) is 13.9 Å². The van der Waals surface area contributed by atoms with Crippen LogP contribution in [0.2, 0.25) is 0 Å². The molecule has 0 aliphatic carbocycles. The summed E-state index contributed by atoms with van der Waals surface area (Å²) in [6, 6.07) is 7.36. The van der Waals surface area contributed by atoms with Crippen LogP contribution in [0.1, 0.15) is 30.8 Å². The number of benzene rings is 1. The van der Waals surface area contributed by atoms with Crippen molar-refractivity contribution in [1.82, 2.24) is 4.98 Å². The highest BCUT2D eigenvalue weighted by Crippen LogP contribution is 2.27. The molecular formula is C15H17NO4. The monoisotopic (exact) mass is 275 g/mol. The molecule has 5 heteroatoms. The van der Waals surface area contributed by atoms with Gasteiger partial charge in [0.25, 0.3) is 0 Å². The second-order valence-corrected chi connectivity index (χ2v) is 4.13. The number of nitrogens with zero attached hydrogens (tertiary/aromatic N) is 1. The Morgan fingerprint density at radius 1 is 1.35 bits per heavy atom. The SMILES string of the molecule is CCCOc1cccc(-c2ocnc2C(=O)OCC)c1. The van der Waals surface area contributed by atoms with Crippen LogP contribution in [0.4, 0.5) is 0 Å². The van der Waals surface area contributed by atoms with E-state index in [0.29, 0.717) is 19.0 Å². The molecule has 0 fully saturated rings. The standard InChI is InChI=1S/C15H17NO4/c1-3-8-19-12-7-5-6-11(9-12)14-13(16-10-20-14)15(17)18-4-2/h5-7,9-10H,3-4,8H2,1-2H3. The summed E-state index contributed by atoms with van der Waals surface area (Å²) < 4.78 is 15.8. The predicted molar refractivity (Wildman–Crippen MR) is 73.7 cm³/mol. The molecule has 1 aromatic heterocycles. The average molecular weight is 275 g/mol. The van der Waals surface area contributed by atoms with E-state index in [0.717, 1.165) is 17.7 Å². The molecule has 0 amide bonds. The van der Waals surface area contributed by atoms with Crippen molar-refractivity contribution in [3.8, 4) is 17.1 Å². The van der Waals surface area contributed by atoms with Crippen LogP contribution in [0.25, 0.3) is 11.3 Å². The Kier molecular flexibility index (Phi) is 4.76. The number of esters is 1. The molecule has 0 saturated heterocycles. The third kappa shape index (κ3) is 3.17.